The predicted molar refractivity (Wildman–Crippen MR) is 59.4 cm³/mol. The van der Waals surface area contributed by atoms with Crippen molar-refractivity contribution in [2.45, 2.75) is 13.3 Å². The van der Waals surface area contributed by atoms with Gasteiger partial charge in [-0.05, 0) is 24.6 Å². The third-order valence-corrected chi connectivity index (χ3v) is 2.20. The molecule has 2 nitrogen and oxygen atoms in total. The minimum atomic E-state index is -0.547. The first-order valence-electron chi connectivity index (χ1n) is 5.46. The van der Waals surface area contributed by atoms with Gasteiger partial charge in [-0.15, -0.1) is 0 Å². The van der Waals surface area contributed by atoms with Gasteiger partial charge in [-0.2, -0.15) is 0 Å². The zero-order chi connectivity index (χ0) is 11.8. The molecular formula is C12H17F2NO. The van der Waals surface area contributed by atoms with Gasteiger partial charge in [0.25, 0.3) is 0 Å². The first-order valence-corrected chi connectivity index (χ1v) is 5.46. The fraction of sp³-hybridized carbons (Fsp3) is 0.500. The zero-order valence-electron chi connectivity index (χ0n) is 9.43. The van der Waals surface area contributed by atoms with Crippen molar-refractivity contribution in [3.05, 3.63) is 35.4 Å². The second-order valence-electron chi connectivity index (χ2n) is 3.45. The number of ether oxygens (including phenoxy) is 1. The molecule has 0 bridgehead atoms. The Balaban J connectivity index is 2.21. The van der Waals surface area contributed by atoms with Crippen LogP contribution in [0.5, 0.6) is 0 Å². The molecule has 0 atom stereocenters. The summed E-state index contributed by atoms with van der Waals surface area (Å²) in [5, 5.41) is 3.12. The number of likely N-dealkylation sites (N-methyl/N-ethyl adjacent to an activating group) is 1. The van der Waals surface area contributed by atoms with E-state index in [4.69, 9.17) is 4.74 Å². The second kappa shape index (κ2) is 7.30. The lowest BCUT2D eigenvalue weighted by molar-refractivity contribution is 0.139. The minimum absolute atomic E-state index is 0.452. The largest absolute Gasteiger partial charge is 0.380 e. The number of halogens is 2. The Morgan fingerprint density at radius 1 is 1.25 bits per heavy atom. The van der Waals surface area contributed by atoms with Crippen LogP contribution in [0.25, 0.3) is 0 Å². The smallest absolute Gasteiger partial charge is 0.129 e. The van der Waals surface area contributed by atoms with Gasteiger partial charge in [0.2, 0.25) is 0 Å². The van der Waals surface area contributed by atoms with E-state index in [1.807, 2.05) is 6.92 Å². The van der Waals surface area contributed by atoms with Crippen molar-refractivity contribution in [1.82, 2.24) is 5.32 Å². The summed E-state index contributed by atoms with van der Waals surface area (Å²) in [7, 11) is 0. The van der Waals surface area contributed by atoms with Gasteiger partial charge < -0.3 is 10.1 Å². The van der Waals surface area contributed by atoms with E-state index in [-0.39, 0.29) is 0 Å². The molecule has 1 N–H and O–H groups in total. The highest BCUT2D eigenvalue weighted by molar-refractivity contribution is 5.18. The predicted octanol–water partition coefficient (Wildman–Crippen LogP) is 2.13. The van der Waals surface area contributed by atoms with Gasteiger partial charge in [0.1, 0.15) is 11.6 Å². The van der Waals surface area contributed by atoms with Crippen LogP contribution >= 0.6 is 0 Å². The maximum Gasteiger partial charge on any atom is 0.129 e. The van der Waals surface area contributed by atoms with Crippen LogP contribution in [0.3, 0.4) is 0 Å². The molecule has 1 aromatic rings. The molecule has 90 valence electrons. The minimum Gasteiger partial charge on any atom is -0.380 e. The molecule has 0 amide bonds. The van der Waals surface area contributed by atoms with Crippen LogP contribution in [0.2, 0.25) is 0 Å². The van der Waals surface area contributed by atoms with E-state index < -0.39 is 11.6 Å². The van der Waals surface area contributed by atoms with Crippen molar-refractivity contribution in [2.75, 3.05) is 26.3 Å². The molecule has 0 heterocycles. The summed E-state index contributed by atoms with van der Waals surface area (Å²) in [6, 6.07) is 3.61. The lowest BCUT2D eigenvalue weighted by Gasteiger charge is -2.05. The van der Waals surface area contributed by atoms with E-state index in [9.17, 15) is 8.78 Å². The van der Waals surface area contributed by atoms with Crippen LogP contribution < -0.4 is 5.32 Å². The van der Waals surface area contributed by atoms with Crippen molar-refractivity contribution in [3.8, 4) is 0 Å². The zero-order valence-corrected chi connectivity index (χ0v) is 9.43. The topological polar surface area (TPSA) is 21.3 Å². The quantitative estimate of drug-likeness (QED) is 0.723. The Morgan fingerprint density at radius 2 is 2.06 bits per heavy atom. The lowest BCUT2D eigenvalue weighted by atomic mass is 10.1. The van der Waals surface area contributed by atoms with Crippen molar-refractivity contribution >= 4 is 0 Å². The summed E-state index contributed by atoms with van der Waals surface area (Å²) in [4.78, 5) is 0. The molecule has 4 heteroatoms. The normalized spacial score (nSPS) is 10.7. The Hall–Kier alpha value is -1.00. The lowest BCUT2D eigenvalue weighted by Crippen LogP contribution is -2.19. The van der Waals surface area contributed by atoms with E-state index in [1.165, 1.54) is 12.1 Å². The highest BCUT2D eigenvalue weighted by Crippen LogP contribution is 2.09. The third kappa shape index (κ3) is 4.68. The van der Waals surface area contributed by atoms with Gasteiger partial charge in [-0.25, -0.2) is 8.78 Å². The molecule has 0 aliphatic heterocycles. The van der Waals surface area contributed by atoms with Crippen LogP contribution in [-0.2, 0) is 11.2 Å². The van der Waals surface area contributed by atoms with Crippen molar-refractivity contribution in [3.63, 3.8) is 0 Å². The van der Waals surface area contributed by atoms with E-state index in [0.29, 0.717) is 25.2 Å². The van der Waals surface area contributed by atoms with Gasteiger partial charge in [0.05, 0.1) is 13.2 Å². The average molecular weight is 229 g/mol. The maximum absolute atomic E-state index is 13.2. The molecule has 0 aliphatic carbocycles. The number of hydrogen-bond acceptors (Lipinski definition) is 2. The van der Waals surface area contributed by atoms with Crippen molar-refractivity contribution in [2.24, 2.45) is 0 Å². The first-order chi connectivity index (χ1) is 7.74. The molecule has 1 rings (SSSR count). The molecule has 16 heavy (non-hydrogen) atoms. The molecule has 0 spiro atoms. The summed E-state index contributed by atoms with van der Waals surface area (Å²) >= 11 is 0. The number of benzene rings is 1. The third-order valence-electron chi connectivity index (χ3n) is 2.20. The Morgan fingerprint density at radius 3 is 2.75 bits per heavy atom. The van der Waals surface area contributed by atoms with E-state index in [0.717, 1.165) is 19.2 Å². The standard InChI is InChI=1S/C12H17F2NO/c1-2-15-6-8-16-7-5-10-3-4-11(13)9-12(10)14/h3-4,9,15H,2,5-8H2,1H3. The Kier molecular flexibility index (Phi) is 5.96. The monoisotopic (exact) mass is 229 g/mol. The highest BCUT2D eigenvalue weighted by atomic mass is 19.1. The molecule has 1 aromatic carbocycles. The summed E-state index contributed by atoms with van der Waals surface area (Å²) in [6.45, 7) is 4.79. The molecule has 0 saturated heterocycles. The summed E-state index contributed by atoms with van der Waals surface area (Å²) in [6.07, 6.45) is 0.470. The Bertz CT molecular complexity index is 318. The van der Waals surface area contributed by atoms with Crippen LogP contribution in [-0.4, -0.2) is 26.3 Å². The molecule has 0 fully saturated rings. The maximum atomic E-state index is 13.2. The van der Waals surface area contributed by atoms with Gasteiger partial charge in [0.15, 0.2) is 0 Å². The van der Waals surface area contributed by atoms with Crippen molar-refractivity contribution in [1.29, 1.82) is 0 Å². The number of rotatable bonds is 7. The molecule has 0 saturated carbocycles. The molecular weight excluding hydrogens is 212 g/mol. The van der Waals surface area contributed by atoms with E-state index in [1.54, 1.807) is 0 Å². The van der Waals surface area contributed by atoms with E-state index >= 15 is 0 Å². The van der Waals surface area contributed by atoms with Crippen LogP contribution in [0.15, 0.2) is 18.2 Å². The van der Waals surface area contributed by atoms with Crippen LogP contribution in [0, 0.1) is 11.6 Å². The molecule has 0 aromatic heterocycles. The van der Waals surface area contributed by atoms with Gasteiger partial charge >= 0.3 is 0 Å². The summed E-state index contributed by atoms with van der Waals surface area (Å²) < 4.78 is 31.1. The van der Waals surface area contributed by atoms with Gasteiger partial charge in [-0.3, -0.25) is 0 Å². The van der Waals surface area contributed by atoms with Crippen LogP contribution in [0.1, 0.15) is 12.5 Å². The first kappa shape index (κ1) is 13.1. The van der Waals surface area contributed by atoms with Crippen LogP contribution in [0.4, 0.5) is 8.78 Å². The molecule has 0 unspecified atom stereocenters. The summed E-state index contributed by atoms with van der Waals surface area (Å²) in [5.74, 6) is -1.05. The molecule has 0 radical (unpaired) electrons. The SMILES string of the molecule is CCNCCOCCc1ccc(F)cc1F. The molecule has 0 aliphatic rings. The van der Waals surface area contributed by atoms with Gasteiger partial charge in [-0.1, -0.05) is 13.0 Å². The Labute approximate surface area is 94.6 Å². The van der Waals surface area contributed by atoms with E-state index in [2.05, 4.69) is 5.32 Å². The average Bonchev–Trinajstić information content (AvgIpc) is 2.26. The number of nitrogens with one attached hydrogen (secondary N) is 1. The van der Waals surface area contributed by atoms with Crippen molar-refractivity contribution < 1.29 is 13.5 Å². The second-order valence-corrected chi connectivity index (χ2v) is 3.45. The number of hydrogen-bond donors (Lipinski definition) is 1. The summed E-state index contributed by atoms with van der Waals surface area (Å²) in [5.41, 5.74) is 0.491. The fourth-order valence-corrected chi connectivity index (χ4v) is 1.33. The van der Waals surface area contributed by atoms with Gasteiger partial charge in [0, 0.05) is 12.6 Å². The highest BCUT2D eigenvalue weighted by Gasteiger charge is 2.03. The fourth-order valence-electron chi connectivity index (χ4n) is 1.33.